The first-order chi connectivity index (χ1) is 39.0. The molecule has 466 valence electrons. The van der Waals surface area contributed by atoms with E-state index in [4.69, 9.17) is 4.74 Å². The minimum absolute atomic E-state index is 0.00864. The molecule has 0 bridgehead atoms. The summed E-state index contributed by atoms with van der Waals surface area (Å²) < 4.78 is 5.49. The number of amides is 1. The first-order valence-corrected chi connectivity index (χ1v) is 35.8. The Hall–Kier alpha value is -1.92. The molecule has 0 aromatic heterocycles. The van der Waals surface area contributed by atoms with Crippen molar-refractivity contribution in [2.24, 2.45) is 0 Å². The molecule has 1 amide bonds. The lowest BCUT2D eigenvalue weighted by Gasteiger charge is -2.20. The van der Waals surface area contributed by atoms with Crippen LogP contribution >= 0.6 is 0 Å². The molecule has 3 N–H and O–H groups in total. The van der Waals surface area contributed by atoms with E-state index in [0.717, 1.165) is 44.9 Å². The van der Waals surface area contributed by atoms with E-state index in [9.17, 15) is 19.8 Å². The van der Waals surface area contributed by atoms with Crippen molar-refractivity contribution in [2.75, 3.05) is 13.2 Å². The van der Waals surface area contributed by atoms with E-state index in [-0.39, 0.29) is 18.5 Å². The van der Waals surface area contributed by atoms with E-state index < -0.39 is 12.1 Å². The van der Waals surface area contributed by atoms with Gasteiger partial charge in [0.1, 0.15) is 0 Å². The third-order valence-electron chi connectivity index (χ3n) is 16.6. The maximum atomic E-state index is 12.5. The molecule has 0 saturated heterocycles. The quantitative estimate of drug-likeness (QED) is 0.0320. The second-order valence-corrected chi connectivity index (χ2v) is 24.6. The molecule has 6 nitrogen and oxygen atoms in total. The third kappa shape index (κ3) is 65.1. The van der Waals surface area contributed by atoms with Crippen molar-refractivity contribution >= 4 is 11.9 Å². The topological polar surface area (TPSA) is 95.9 Å². The highest BCUT2D eigenvalue weighted by Gasteiger charge is 2.18. The van der Waals surface area contributed by atoms with Crippen molar-refractivity contribution in [3.8, 4) is 0 Å². The van der Waals surface area contributed by atoms with Gasteiger partial charge in [-0.1, -0.05) is 333 Å². The summed E-state index contributed by atoms with van der Waals surface area (Å²) in [4.78, 5) is 24.6. The molecule has 2 unspecified atom stereocenters. The number of aliphatic hydroxyl groups excluding tert-OH is 2. The molecule has 0 fully saturated rings. The van der Waals surface area contributed by atoms with Gasteiger partial charge in [-0.2, -0.15) is 0 Å². The number of nitrogens with one attached hydrogen (secondary N) is 1. The van der Waals surface area contributed by atoms with Crippen molar-refractivity contribution in [3.05, 3.63) is 36.5 Å². The zero-order chi connectivity index (χ0) is 57.1. The van der Waals surface area contributed by atoms with Crippen LogP contribution in [0.15, 0.2) is 36.5 Å². The first kappa shape index (κ1) is 77.1. The van der Waals surface area contributed by atoms with Crippen LogP contribution in [0, 0.1) is 0 Å². The van der Waals surface area contributed by atoms with Crippen LogP contribution in [0.3, 0.4) is 0 Å². The van der Waals surface area contributed by atoms with Crippen LogP contribution in [-0.2, 0) is 14.3 Å². The third-order valence-corrected chi connectivity index (χ3v) is 16.6. The maximum Gasteiger partial charge on any atom is 0.305 e. The van der Waals surface area contributed by atoms with Gasteiger partial charge in [-0.25, -0.2) is 0 Å². The smallest absolute Gasteiger partial charge is 0.305 e. The first-order valence-electron chi connectivity index (χ1n) is 35.8. The van der Waals surface area contributed by atoms with Crippen molar-refractivity contribution in [1.29, 1.82) is 0 Å². The number of allylic oxidation sites excluding steroid dienone is 5. The Kier molecular flexibility index (Phi) is 66.9. The van der Waals surface area contributed by atoms with Crippen LogP contribution in [0.4, 0.5) is 0 Å². The summed E-state index contributed by atoms with van der Waals surface area (Å²) in [7, 11) is 0. The SMILES string of the molecule is CCCCCCCC/C=C\CCCCCCCC(=O)OCCCCCCCCCCCCCC/C=C\CCCCCCCCCCCCCCCC(=O)NC(CO)C(O)/C=C/CCCCCCCCCCCCCCCCCC. The van der Waals surface area contributed by atoms with Gasteiger partial charge in [-0.05, 0) is 83.5 Å². The molecule has 0 radical (unpaired) electrons. The van der Waals surface area contributed by atoms with Gasteiger partial charge < -0.3 is 20.3 Å². The van der Waals surface area contributed by atoms with Crippen LogP contribution in [0.5, 0.6) is 0 Å². The summed E-state index contributed by atoms with van der Waals surface area (Å²) in [6.07, 6.45) is 88.0. The van der Waals surface area contributed by atoms with Gasteiger partial charge in [0.05, 0.1) is 25.4 Å². The molecular weight excluding hydrogens is 971 g/mol. The fourth-order valence-corrected chi connectivity index (χ4v) is 11.2. The Bertz CT molecular complexity index is 1280. The lowest BCUT2D eigenvalue weighted by molar-refractivity contribution is -0.143. The number of rotatable bonds is 67. The maximum absolute atomic E-state index is 12.5. The normalized spacial score (nSPS) is 12.7. The second kappa shape index (κ2) is 68.6. The second-order valence-electron chi connectivity index (χ2n) is 24.6. The van der Waals surface area contributed by atoms with Crippen molar-refractivity contribution in [3.63, 3.8) is 0 Å². The van der Waals surface area contributed by atoms with Crippen LogP contribution in [-0.4, -0.2) is 47.4 Å². The highest BCUT2D eigenvalue weighted by Crippen LogP contribution is 2.18. The fourth-order valence-electron chi connectivity index (χ4n) is 11.2. The van der Waals surface area contributed by atoms with Crippen molar-refractivity contribution in [2.45, 2.75) is 405 Å². The fraction of sp³-hybridized carbons (Fsp3) is 0.890. The standard InChI is InChI=1S/C73H139NO5/c1-3-5-7-9-11-13-15-17-19-20-34-38-41-45-49-53-57-61-65-71(76)70(69-75)74-72(77)66-62-58-54-50-46-42-39-35-32-30-28-26-24-22-21-23-25-27-29-31-33-36-40-44-48-52-56-60-64-68-79-73(78)67-63-59-55-51-47-43-37-18-16-14-12-10-8-6-4-2/h18,21,23,37,61,65,70-71,75-76H,3-17,19-20,22,24-36,38-60,62-64,66-69H2,1-2H3,(H,74,77)/b23-21-,37-18-,65-61+. The average Bonchev–Trinajstić information content (AvgIpc) is 3.45. The highest BCUT2D eigenvalue weighted by molar-refractivity contribution is 5.76. The highest BCUT2D eigenvalue weighted by atomic mass is 16.5. The molecule has 0 aliphatic carbocycles. The van der Waals surface area contributed by atoms with Crippen LogP contribution in [0.1, 0.15) is 393 Å². The molecular formula is C73H139NO5. The number of carbonyl (C=O) groups excluding carboxylic acids is 2. The van der Waals surface area contributed by atoms with Crippen LogP contribution in [0.2, 0.25) is 0 Å². The number of ether oxygens (including phenoxy) is 1. The summed E-state index contributed by atoms with van der Waals surface area (Å²) >= 11 is 0. The molecule has 0 spiro atoms. The predicted octanol–water partition coefficient (Wildman–Crippen LogP) is 23.1. The van der Waals surface area contributed by atoms with Gasteiger partial charge in [0.2, 0.25) is 5.91 Å². The van der Waals surface area contributed by atoms with Gasteiger partial charge >= 0.3 is 5.97 Å². The largest absolute Gasteiger partial charge is 0.466 e. The summed E-state index contributed by atoms with van der Waals surface area (Å²) in [5.74, 6) is -0.0555. The molecule has 0 aromatic carbocycles. The molecule has 0 aliphatic heterocycles. The van der Waals surface area contributed by atoms with Gasteiger partial charge in [0.15, 0.2) is 0 Å². The van der Waals surface area contributed by atoms with Gasteiger partial charge in [0.25, 0.3) is 0 Å². The lowest BCUT2D eigenvalue weighted by Crippen LogP contribution is -2.45. The molecule has 0 rings (SSSR count). The lowest BCUT2D eigenvalue weighted by atomic mass is 10.0. The van der Waals surface area contributed by atoms with Gasteiger partial charge in [0, 0.05) is 12.8 Å². The number of hydrogen-bond donors (Lipinski definition) is 3. The predicted molar refractivity (Wildman–Crippen MR) is 347 cm³/mol. The molecule has 0 aliphatic rings. The number of esters is 1. The molecule has 6 heteroatoms. The van der Waals surface area contributed by atoms with E-state index >= 15 is 0 Å². The summed E-state index contributed by atoms with van der Waals surface area (Å²) in [6, 6.07) is -0.628. The van der Waals surface area contributed by atoms with E-state index in [1.165, 1.54) is 321 Å². The Morgan fingerprint density at radius 3 is 0.899 bits per heavy atom. The van der Waals surface area contributed by atoms with E-state index in [0.29, 0.717) is 19.4 Å². The average molecular weight is 1110 g/mol. The number of carbonyl (C=O) groups is 2. The van der Waals surface area contributed by atoms with Gasteiger partial charge in [-0.15, -0.1) is 0 Å². The molecule has 0 saturated carbocycles. The zero-order valence-electron chi connectivity index (χ0n) is 53.4. The minimum Gasteiger partial charge on any atom is -0.466 e. The Balaban J connectivity index is 3.39. The van der Waals surface area contributed by atoms with E-state index in [2.05, 4.69) is 43.5 Å². The minimum atomic E-state index is -0.845. The monoisotopic (exact) mass is 1110 g/mol. The molecule has 0 aromatic rings. The Labute approximate surface area is 494 Å². The summed E-state index contributed by atoms with van der Waals surface area (Å²) in [6.45, 7) is 4.93. The molecule has 2 atom stereocenters. The summed E-state index contributed by atoms with van der Waals surface area (Å²) in [5.41, 5.74) is 0. The van der Waals surface area contributed by atoms with Gasteiger partial charge in [-0.3, -0.25) is 9.59 Å². The number of hydrogen-bond acceptors (Lipinski definition) is 5. The van der Waals surface area contributed by atoms with E-state index in [1.54, 1.807) is 6.08 Å². The molecule has 0 heterocycles. The zero-order valence-corrected chi connectivity index (χ0v) is 53.4. The number of unbranched alkanes of at least 4 members (excludes halogenated alkanes) is 52. The number of aliphatic hydroxyl groups is 2. The van der Waals surface area contributed by atoms with Crippen molar-refractivity contribution < 1.29 is 24.5 Å². The summed E-state index contributed by atoms with van der Waals surface area (Å²) in [5, 5.41) is 23.2. The Morgan fingerprint density at radius 2 is 0.595 bits per heavy atom. The molecule has 79 heavy (non-hydrogen) atoms. The van der Waals surface area contributed by atoms with Crippen LogP contribution in [0.25, 0.3) is 0 Å². The van der Waals surface area contributed by atoms with E-state index in [1.807, 2.05) is 6.08 Å². The Morgan fingerprint density at radius 1 is 0.342 bits per heavy atom. The van der Waals surface area contributed by atoms with Crippen molar-refractivity contribution in [1.82, 2.24) is 5.32 Å². The van der Waals surface area contributed by atoms with Crippen LogP contribution < -0.4 is 5.32 Å².